The molecule has 0 saturated heterocycles. The Labute approximate surface area is 174 Å². The molecule has 1 aliphatic carbocycles. The quantitative estimate of drug-likeness (QED) is 0.658. The molecule has 3 aromatic rings. The number of halogens is 1. The molecule has 0 aliphatic heterocycles. The topological polar surface area (TPSA) is 62.4 Å². The number of pyridine rings is 1. The van der Waals surface area contributed by atoms with Gasteiger partial charge in [0.15, 0.2) is 0 Å². The van der Waals surface area contributed by atoms with Crippen LogP contribution in [0.15, 0.2) is 53.3 Å². The number of carbonyl (C=O) groups excluding carboxylic acids is 1. The first-order valence-corrected chi connectivity index (χ1v) is 10.2. The van der Waals surface area contributed by atoms with Crippen LogP contribution in [0.5, 0.6) is 5.75 Å². The van der Waals surface area contributed by atoms with Crippen LogP contribution in [0.1, 0.15) is 41.6 Å². The third kappa shape index (κ3) is 4.15. The fraction of sp³-hybridized carbons (Fsp3) is 0.304. The molecular formula is C23H23ClN2O3. The number of methoxy groups -OCH3 is 1. The van der Waals surface area contributed by atoms with Gasteiger partial charge >= 0.3 is 0 Å². The predicted octanol–water partition coefficient (Wildman–Crippen LogP) is 4.78. The zero-order valence-electron chi connectivity index (χ0n) is 16.3. The third-order valence-corrected chi connectivity index (χ3v) is 5.80. The summed E-state index contributed by atoms with van der Waals surface area (Å²) >= 11 is 6.09. The Balaban J connectivity index is 1.69. The van der Waals surface area contributed by atoms with Crippen LogP contribution in [-0.2, 0) is 6.54 Å². The molecule has 150 valence electrons. The van der Waals surface area contributed by atoms with E-state index in [-0.39, 0.29) is 24.1 Å². The summed E-state index contributed by atoms with van der Waals surface area (Å²) in [6, 6.07) is 14.5. The van der Waals surface area contributed by atoms with Crippen molar-refractivity contribution in [2.45, 2.75) is 38.3 Å². The molecule has 0 bridgehead atoms. The molecule has 1 aliphatic rings. The summed E-state index contributed by atoms with van der Waals surface area (Å²) < 4.78 is 5.23. The number of H-pyrrole nitrogens is 1. The second-order valence-corrected chi connectivity index (χ2v) is 7.89. The van der Waals surface area contributed by atoms with Gasteiger partial charge in [0.05, 0.1) is 19.2 Å². The zero-order chi connectivity index (χ0) is 20.4. The van der Waals surface area contributed by atoms with Gasteiger partial charge in [-0.1, -0.05) is 30.5 Å². The van der Waals surface area contributed by atoms with Crippen molar-refractivity contribution in [3.05, 3.63) is 75.0 Å². The van der Waals surface area contributed by atoms with Gasteiger partial charge in [-0.3, -0.25) is 9.59 Å². The number of carbonyl (C=O) groups is 1. The molecule has 1 aromatic heterocycles. The molecule has 0 spiro atoms. The predicted molar refractivity (Wildman–Crippen MR) is 115 cm³/mol. The zero-order valence-corrected chi connectivity index (χ0v) is 17.0. The highest BCUT2D eigenvalue weighted by molar-refractivity contribution is 6.30. The van der Waals surface area contributed by atoms with Gasteiger partial charge in [0, 0.05) is 28.3 Å². The van der Waals surface area contributed by atoms with Crippen molar-refractivity contribution in [3.8, 4) is 5.75 Å². The number of fused-ring (bicyclic) bond motifs is 1. The van der Waals surface area contributed by atoms with Crippen LogP contribution in [0.3, 0.4) is 0 Å². The molecule has 4 rings (SSSR count). The number of nitrogens with one attached hydrogen (secondary N) is 1. The number of rotatable bonds is 5. The van der Waals surface area contributed by atoms with E-state index in [1.807, 2.05) is 23.1 Å². The monoisotopic (exact) mass is 410 g/mol. The first kappa shape index (κ1) is 19.5. The minimum atomic E-state index is -0.187. The van der Waals surface area contributed by atoms with E-state index in [9.17, 15) is 9.59 Å². The second-order valence-electron chi connectivity index (χ2n) is 7.46. The Morgan fingerprint density at radius 2 is 1.97 bits per heavy atom. The summed E-state index contributed by atoms with van der Waals surface area (Å²) in [7, 11) is 1.59. The van der Waals surface area contributed by atoms with Crippen molar-refractivity contribution in [1.29, 1.82) is 0 Å². The Morgan fingerprint density at radius 1 is 1.17 bits per heavy atom. The van der Waals surface area contributed by atoms with Crippen molar-refractivity contribution in [2.75, 3.05) is 7.11 Å². The summed E-state index contributed by atoms with van der Waals surface area (Å²) in [5.74, 6) is 0.596. The number of aromatic amines is 1. The minimum absolute atomic E-state index is 0.0892. The molecule has 1 amide bonds. The van der Waals surface area contributed by atoms with Crippen molar-refractivity contribution in [1.82, 2.24) is 9.88 Å². The number of amides is 1. The summed E-state index contributed by atoms with van der Waals surface area (Å²) in [6.07, 6.45) is 4.10. The molecule has 2 aromatic carbocycles. The van der Waals surface area contributed by atoms with Gasteiger partial charge in [-0.05, 0) is 54.6 Å². The minimum Gasteiger partial charge on any atom is -0.497 e. The Hall–Kier alpha value is -2.79. The van der Waals surface area contributed by atoms with Crippen LogP contribution in [0.2, 0.25) is 5.02 Å². The maximum atomic E-state index is 13.3. The number of hydrogen-bond donors (Lipinski definition) is 1. The lowest BCUT2D eigenvalue weighted by Gasteiger charge is -2.29. The van der Waals surface area contributed by atoms with Gasteiger partial charge in [-0.25, -0.2) is 0 Å². The molecule has 1 N–H and O–H groups in total. The highest BCUT2D eigenvalue weighted by Gasteiger charge is 2.28. The second kappa shape index (κ2) is 8.29. The lowest BCUT2D eigenvalue weighted by molar-refractivity contribution is 0.0664. The maximum Gasteiger partial charge on any atom is 0.254 e. The lowest BCUT2D eigenvalue weighted by Crippen LogP contribution is -2.39. The van der Waals surface area contributed by atoms with Gasteiger partial charge < -0.3 is 14.6 Å². The van der Waals surface area contributed by atoms with E-state index in [4.69, 9.17) is 16.3 Å². The fourth-order valence-electron chi connectivity index (χ4n) is 4.02. The van der Waals surface area contributed by atoms with E-state index in [0.717, 1.165) is 31.1 Å². The van der Waals surface area contributed by atoms with Crippen LogP contribution in [0, 0.1) is 0 Å². The number of aromatic nitrogens is 1. The number of ether oxygens (including phenoxy) is 1. The molecular weight excluding hydrogens is 388 g/mol. The van der Waals surface area contributed by atoms with Crippen molar-refractivity contribution >= 4 is 28.4 Å². The smallest absolute Gasteiger partial charge is 0.254 e. The van der Waals surface area contributed by atoms with Crippen LogP contribution in [0.25, 0.3) is 10.9 Å². The third-order valence-electron chi connectivity index (χ3n) is 5.57. The van der Waals surface area contributed by atoms with E-state index in [0.29, 0.717) is 27.4 Å². The first-order valence-electron chi connectivity index (χ1n) is 9.81. The Bertz CT molecular complexity index is 1100. The van der Waals surface area contributed by atoms with Crippen LogP contribution >= 0.6 is 11.6 Å². The van der Waals surface area contributed by atoms with Gasteiger partial charge in [-0.15, -0.1) is 0 Å². The molecule has 0 radical (unpaired) electrons. The van der Waals surface area contributed by atoms with Crippen molar-refractivity contribution in [3.63, 3.8) is 0 Å². The molecule has 1 fully saturated rings. The highest BCUT2D eigenvalue weighted by Crippen LogP contribution is 2.27. The van der Waals surface area contributed by atoms with Gasteiger partial charge in [-0.2, -0.15) is 0 Å². The number of nitrogens with zero attached hydrogens (tertiary/aromatic N) is 1. The average Bonchev–Trinajstić information content (AvgIpc) is 3.26. The van der Waals surface area contributed by atoms with Gasteiger partial charge in [0.25, 0.3) is 11.5 Å². The largest absolute Gasteiger partial charge is 0.497 e. The molecule has 1 saturated carbocycles. The lowest BCUT2D eigenvalue weighted by atomic mass is 10.1. The van der Waals surface area contributed by atoms with E-state index < -0.39 is 0 Å². The van der Waals surface area contributed by atoms with Crippen LogP contribution < -0.4 is 10.3 Å². The summed E-state index contributed by atoms with van der Waals surface area (Å²) in [5.41, 5.74) is 1.65. The van der Waals surface area contributed by atoms with Crippen LogP contribution in [0.4, 0.5) is 0 Å². The normalized spacial score (nSPS) is 14.3. The fourth-order valence-corrected chi connectivity index (χ4v) is 4.21. The van der Waals surface area contributed by atoms with Gasteiger partial charge in [0.1, 0.15) is 5.75 Å². The molecule has 0 unspecified atom stereocenters. The number of benzene rings is 2. The van der Waals surface area contributed by atoms with E-state index in [1.54, 1.807) is 37.4 Å². The molecule has 29 heavy (non-hydrogen) atoms. The van der Waals surface area contributed by atoms with Gasteiger partial charge in [0.2, 0.25) is 0 Å². The van der Waals surface area contributed by atoms with Crippen molar-refractivity contribution in [2.24, 2.45) is 0 Å². The average molecular weight is 411 g/mol. The van der Waals surface area contributed by atoms with Crippen LogP contribution in [-0.4, -0.2) is 28.9 Å². The summed E-state index contributed by atoms with van der Waals surface area (Å²) in [6.45, 7) is 0.271. The summed E-state index contributed by atoms with van der Waals surface area (Å²) in [5, 5.41) is 1.43. The Morgan fingerprint density at radius 3 is 2.69 bits per heavy atom. The summed E-state index contributed by atoms with van der Waals surface area (Å²) in [4.78, 5) is 30.8. The number of hydrogen-bond acceptors (Lipinski definition) is 3. The molecule has 0 atom stereocenters. The SMILES string of the molecule is COc1ccc2cc(CN(C(=O)c3cccc(Cl)c3)C3CCCC3)c(=O)[nH]c2c1. The first-order chi connectivity index (χ1) is 14.0. The van der Waals surface area contributed by atoms with E-state index >= 15 is 0 Å². The Kier molecular flexibility index (Phi) is 5.58. The molecule has 1 heterocycles. The van der Waals surface area contributed by atoms with E-state index in [2.05, 4.69) is 4.98 Å². The standard InChI is InChI=1S/C23H23ClN2O3/c1-29-20-10-9-15-11-17(22(27)25-21(15)13-20)14-26(19-7-2-3-8-19)23(28)16-5-4-6-18(24)12-16/h4-6,9-13,19H,2-3,7-8,14H2,1H3,(H,25,27). The van der Waals surface area contributed by atoms with E-state index in [1.165, 1.54) is 0 Å². The van der Waals surface area contributed by atoms with Crippen molar-refractivity contribution < 1.29 is 9.53 Å². The highest BCUT2D eigenvalue weighted by atomic mass is 35.5. The molecule has 5 nitrogen and oxygen atoms in total. The molecule has 6 heteroatoms. The maximum absolute atomic E-state index is 13.3.